The van der Waals surface area contributed by atoms with Gasteiger partial charge in [0.15, 0.2) is 0 Å². The fourth-order valence-electron chi connectivity index (χ4n) is 2.38. The predicted octanol–water partition coefficient (Wildman–Crippen LogP) is 3.08. The van der Waals surface area contributed by atoms with Crippen LogP contribution < -0.4 is 5.32 Å². The maximum Gasteiger partial charge on any atom is 0.240 e. The predicted molar refractivity (Wildman–Crippen MR) is 69.2 cm³/mol. The van der Waals surface area contributed by atoms with Gasteiger partial charge >= 0.3 is 0 Å². The summed E-state index contributed by atoms with van der Waals surface area (Å²) in [4.78, 5) is 1.99. The molecular weight excluding hydrogens is 277 g/mol. The van der Waals surface area contributed by atoms with Gasteiger partial charge in [-0.15, -0.1) is 0 Å². The first-order chi connectivity index (χ1) is 9.08. The van der Waals surface area contributed by atoms with Crippen LogP contribution in [0.2, 0.25) is 5.02 Å². The minimum atomic E-state index is -2.40. The molecule has 19 heavy (non-hydrogen) atoms. The molecule has 2 nitrogen and oxygen atoms in total. The fraction of sp³-hybridized carbons (Fsp3) is 0.538. The van der Waals surface area contributed by atoms with Crippen molar-refractivity contribution in [1.29, 1.82) is 0 Å². The van der Waals surface area contributed by atoms with E-state index >= 15 is 0 Å². The van der Waals surface area contributed by atoms with E-state index in [1.165, 1.54) is 18.2 Å². The Morgan fingerprint density at radius 1 is 1.26 bits per heavy atom. The lowest BCUT2D eigenvalue weighted by atomic mass is 10.0. The minimum Gasteiger partial charge on any atom is -0.314 e. The molecule has 1 atom stereocenters. The van der Waals surface area contributed by atoms with Gasteiger partial charge < -0.3 is 5.32 Å². The first-order valence-electron chi connectivity index (χ1n) is 6.26. The Morgan fingerprint density at radius 2 is 1.95 bits per heavy atom. The van der Waals surface area contributed by atoms with Crippen molar-refractivity contribution in [2.45, 2.75) is 18.9 Å². The summed E-state index contributed by atoms with van der Waals surface area (Å²) in [5, 5.41) is 3.16. The Morgan fingerprint density at radius 3 is 2.53 bits per heavy atom. The summed E-state index contributed by atoms with van der Waals surface area (Å²) in [5.74, 6) is -0.526. The van der Waals surface area contributed by atoms with Crippen molar-refractivity contribution in [1.82, 2.24) is 10.2 Å². The number of piperazine rings is 1. The molecule has 0 spiro atoms. The van der Waals surface area contributed by atoms with Gasteiger partial charge in [-0.3, -0.25) is 4.90 Å². The van der Waals surface area contributed by atoms with Crippen LogP contribution in [0.15, 0.2) is 18.2 Å². The van der Waals surface area contributed by atoms with E-state index in [-0.39, 0.29) is 11.4 Å². The molecule has 0 aromatic heterocycles. The summed E-state index contributed by atoms with van der Waals surface area (Å²) in [6.45, 7) is 2.95. The third-order valence-electron chi connectivity index (χ3n) is 3.32. The number of benzene rings is 1. The molecule has 1 N–H and O–H groups in total. The SMILES string of the molecule is Fc1ccc([C@@H](CC(F)F)N2CCNCC2)cc1Cl. The highest BCUT2D eigenvalue weighted by Gasteiger charge is 2.25. The zero-order valence-electron chi connectivity index (χ0n) is 10.4. The molecule has 1 aromatic rings. The van der Waals surface area contributed by atoms with E-state index in [1.807, 2.05) is 4.90 Å². The normalized spacial score (nSPS) is 18.8. The van der Waals surface area contributed by atoms with Crippen LogP contribution in [0.4, 0.5) is 13.2 Å². The first kappa shape index (κ1) is 14.6. The molecule has 1 heterocycles. The topological polar surface area (TPSA) is 15.3 Å². The third kappa shape index (κ3) is 3.84. The van der Waals surface area contributed by atoms with Crippen LogP contribution in [0.25, 0.3) is 0 Å². The molecular formula is C13H16ClF3N2. The maximum atomic E-state index is 13.2. The Kier molecular flexibility index (Phi) is 5.07. The molecule has 0 aliphatic carbocycles. The van der Waals surface area contributed by atoms with E-state index in [4.69, 9.17) is 11.6 Å². The van der Waals surface area contributed by atoms with Crippen molar-refractivity contribution in [3.05, 3.63) is 34.6 Å². The average Bonchev–Trinajstić information content (AvgIpc) is 2.40. The summed E-state index contributed by atoms with van der Waals surface area (Å²) in [7, 11) is 0. The van der Waals surface area contributed by atoms with E-state index in [0.29, 0.717) is 18.7 Å². The highest BCUT2D eigenvalue weighted by atomic mass is 35.5. The second kappa shape index (κ2) is 6.59. The number of nitrogens with one attached hydrogen (secondary N) is 1. The lowest BCUT2D eigenvalue weighted by Gasteiger charge is -2.35. The fourth-order valence-corrected chi connectivity index (χ4v) is 2.57. The van der Waals surface area contributed by atoms with Gasteiger partial charge in [0.25, 0.3) is 0 Å². The van der Waals surface area contributed by atoms with Crippen LogP contribution in [0.5, 0.6) is 0 Å². The average molecular weight is 293 g/mol. The Hall–Kier alpha value is -0.780. The first-order valence-corrected chi connectivity index (χ1v) is 6.63. The Bertz CT molecular complexity index is 422. The number of halogens is 4. The van der Waals surface area contributed by atoms with Crippen molar-refractivity contribution < 1.29 is 13.2 Å². The van der Waals surface area contributed by atoms with Gasteiger partial charge in [-0.05, 0) is 17.7 Å². The van der Waals surface area contributed by atoms with E-state index in [1.54, 1.807) is 0 Å². The number of alkyl halides is 2. The molecule has 1 aliphatic rings. The zero-order valence-corrected chi connectivity index (χ0v) is 11.1. The molecule has 0 bridgehead atoms. The molecule has 0 unspecified atom stereocenters. The zero-order chi connectivity index (χ0) is 13.8. The minimum absolute atomic E-state index is 0.0214. The molecule has 2 rings (SSSR count). The maximum absolute atomic E-state index is 13.2. The molecule has 0 radical (unpaired) electrons. The molecule has 6 heteroatoms. The lowest BCUT2D eigenvalue weighted by molar-refractivity contribution is 0.0739. The molecule has 0 saturated carbocycles. The van der Waals surface area contributed by atoms with Gasteiger partial charge in [0, 0.05) is 38.6 Å². The number of hydrogen-bond acceptors (Lipinski definition) is 2. The number of nitrogens with zero attached hydrogens (tertiary/aromatic N) is 1. The third-order valence-corrected chi connectivity index (χ3v) is 3.61. The summed E-state index contributed by atoms with van der Waals surface area (Å²) in [6, 6.07) is 3.81. The van der Waals surface area contributed by atoms with Gasteiger partial charge in [0.05, 0.1) is 5.02 Å². The van der Waals surface area contributed by atoms with Crippen LogP contribution in [0.1, 0.15) is 18.0 Å². The summed E-state index contributed by atoms with van der Waals surface area (Å²) in [5.41, 5.74) is 0.647. The van der Waals surface area contributed by atoms with Crippen LogP contribution in [0.3, 0.4) is 0 Å². The van der Waals surface area contributed by atoms with E-state index in [9.17, 15) is 13.2 Å². The van der Waals surface area contributed by atoms with Gasteiger partial charge in [-0.1, -0.05) is 17.7 Å². The van der Waals surface area contributed by atoms with Crippen molar-refractivity contribution in [2.24, 2.45) is 0 Å². The monoisotopic (exact) mass is 292 g/mol. The number of hydrogen-bond donors (Lipinski definition) is 1. The molecule has 1 aliphatic heterocycles. The quantitative estimate of drug-likeness (QED) is 0.917. The van der Waals surface area contributed by atoms with E-state index in [2.05, 4.69) is 5.32 Å². The molecule has 0 amide bonds. The van der Waals surface area contributed by atoms with E-state index in [0.717, 1.165) is 13.1 Å². The van der Waals surface area contributed by atoms with Crippen molar-refractivity contribution in [2.75, 3.05) is 26.2 Å². The van der Waals surface area contributed by atoms with Gasteiger partial charge in [0.2, 0.25) is 6.43 Å². The van der Waals surface area contributed by atoms with Crippen molar-refractivity contribution in [3.8, 4) is 0 Å². The second-order valence-corrected chi connectivity index (χ2v) is 5.01. The lowest BCUT2D eigenvalue weighted by Crippen LogP contribution is -2.45. The summed E-state index contributed by atoms with van der Waals surface area (Å²) in [6.07, 6.45) is -2.66. The molecule has 106 valence electrons. The van der Waals surface area contributed by atoms with Crippen LogP contribution in [-0.2, 0) is 0 Å². The van der Waals surface area contributed by atoms with Gasteiger partial charge in [-0.2, -0.15) is 0 Å². The highest BCUT2D eigenvalue weighted by Crippen LogP contribution is 2.30. The molecule has 1 saturated heterocycles. The summed E-state index contributed by atoms with van der Waals surface area (Å²) < 4.78 is 38.7. The largest absolute Gasteiger partial charge is 0.314 e. The highest BCUT2D eigenvalue weighted by molar-refractivity contribution is 6.30. The molecule has 1 fully saturated rings. The number of rotatable bonds is 4. The second-order valence-electron chi connectivity index (χ2n) is 4.60. The molecule has 1 aromatic carbocycles. The smallest absolute Gasteiger partial charge is 0.240 e. The Balaban J connectivity index is 2.22. The van der Waals surface area contributed by atoms with Gasteiger partial charge in [-0.25, -0.2) is 13.2 Å². The van der Waals surface area contributed by atoms with E-state index < -0.39 is 18.3 Å². The van der Waals surface area contributed by atoms with Crippen LogP contribution in [0, 0.1) is 5.82 Å². The summed E-state index contributed by atoms with van der Waals surface area (Å²) >= 11 is 5.74. The Labute approximate surface area is 115 Å². The van der Waals surface area contributed by atoms with Crippen molar-refractivity contribution >= 4 is 11.6 Å². The van der Waals surface area contributed by atoms with Crippen LogP contribution >= 0.6 is 11.6 Å². The standard InChI is InChI=1S/C13H16ClF3N2/c14-10-7-9(1-2-11(10)15)12(8-13(16)17)19-5-3-18-4-6-19/h1-2,7,12-13,18H,3-6,8H2/t12-/m1/s1. The van der Waals surface area contributed by atoms with Gasteiger partial charge in [0.1, 0.15) is 5.82 Å². The van der Waals surface area contributed by atoms with Crippen LogP contribution in [-0.4, -0.2) is 37.5 Å². The van der Waals surface area contributed by atoms with Crippen molar-refractivity contribution in [3.63, 3.8) is 0 Å².